The number of halogens is 1. The predicted octanol–water partition coefficient (Wildman–Crippen LogP) is 2.79. The second kappa shape index (κ2) is 3.70. The minimum Gasteiger partial charge on any atom is -0.385 e. The SMILES string of the molecule is OC1(c2cccc(F)c2)CC[CH]CC1. The summed E-state index contributed by atoms with van der Waals surface area (Å²) in [5.41, 5.74) is -0.0952. The third-order valence-electron chi connectivity index (χ3n) is 2.89. The summed E-state index contributed by atoms with van der Waals surface area (Å²) in [5.74, 6) is -0.273. The van der Waals surface area contributed by atoms with Crippen molar-refractivity contribution in [1.82, 2.24) is 0 Å². The molecule has 0 aliphatic heterocycles. The van der Waals surface area contributed by atoms with E-state index < -0.39 is 5.60 Å². The minimum atomic E-state index is -0.809. The van der Waals surface area contributed by atoms with Crippen molar-refractivity contribution in [2.45, 2.75) is 31.3 Å². The van der Waals surface area contributed by atoms with E-state index >= 15 is 0 Å². The van der Waals surface area contributed by atoms with E-state index in [0.717, 1.165) is 12.8 Å². The van der Waals surface area contributed by atoms with Crippen LogP contribution in [0.15, 0.2) is 24.3 Å². The Bertz CT molecular complexity index is 316. The summed E-state index contributed by atoms with van der Waals surface area (Å²) in [6.45, 7) is 0. The summed E-state index contributed by atoms with van der Waals surface area (Å²) in [5, 5.41) is 10.3. The van der Waals surface area contributed by atoms with Gasteiger partial charge in [-0.05, 0) is 49.8 Å². The van der Waals surface area contributed by atoms with Gasteiger partial charge in [-0.3, -0.25) is 0 Å². The van der Waals surface area contributed by atoms with E-state index in [1.54, 1.807) is 12.1 Å². The lowest BCUT2D eigenvalue weighted by atomic mass is 9.80. The molecule has 0 spiro atoms. The molecule has 1 aliphatic carbocycles. The van der Waals surface area contributed by atoms with Gasteiger partial charge in [0, 0.05) is 0 Å². The molecule has 1 aliphatic rings. The Hall–Kier alpha value is -0.890. The molecule has 2 heteroatoms. The van der Waals surface area contributed by atoms with Crippen molar-refractivity contribution in [3.63, 3.8) is 0 Å². The maximum absolute atomic E-state index is 13.0. The summed E-state index contributed by atoms with van der Waals surface area (Å²) < 4.78 is 13.0. The average Bonchev–Trinajstić information content (AvgIpc) is 2.19. The molecule has 1 aromatic carbocycles. The van der Waals surface area contributed by atoms with Gasteiger partial charge < -0.3 is 5.11 Å². The summed E-state index contributed by atoms with van der Waals surface area (Å²) in [6.07, 6.45) is 5.40. The van der Waals surface area contributed by atoms with Crippen LogP contribution in [0.4, 0.5) is 4.39 Å². The second-order valence-electron chi connectivity index (χ2n) is 3.91. The molecule has 75 valence electrons. The summed E-state index contributed by atoms with van der Waals surface area (Å²) in [4.78, 5) is 0. The van der Waals surface area contributed by atoms with Crippen molar-refractivity contribution in [1.29, 1.82) is 0 Å². The zero-order chi connectivity index (χ0) is 10.0. The lowest BCUT2D eigenvalue weighted by molar-refractivity contribution is 0.00812. The van der Waals surface area contributed by atoms with Gasteiger partial charge in [0.05, 0.1) is 5.60 Å². The highest BCUT2D eigenvalue weighted by atomic mass is 19.1. The van der Waals surface area contributed by atoms with Crippen LogP contribution in [0, 0.1) is 12.2 Å². The van der Waals surface area contributed by atoms with Crippen LogP contribution in [0.25, 0.3) is 0 Å². The first-order valence-corrected chi connectivity index (χ1v) is 5.01. The summed E-state index contributed by atoms with van der Waals surface area (Å²) in [7, 11) is 0. The lowest BCUT2D eigenvalue weighted by Crippen LogP contribution is -2.28. The quantitative estimate of drug-likeness (QED) is 0.727. The summed E-state index contributed by atoms with van der Waals surface area (Å²) in [6, 6.07) is 6.29. The van der Waals surface area contributed by atoms with Crippen LogP contribution in [0.5, 0.6) is 0 Å². The maximum Gasteiger partial charge on any atom is 0.123 e. The molecule has 0 heterocycles. The molecule has 1 nitrogen and oxygen atoms in total. The Morgan fingerprint density at radius 3 is 2.57 bits per heavy atom. The van der Waals surface area contributed by atoms with Gasteiger partial charge in [0.25, 0.3) is 0 Å². The van der Waals surface area contributed by atoms with Gasteiger partial charge in [-0.15, -0.1) is 0 Å². The average molecular weight is 193 g/mol. The molecule has 14 heavy (non-hydrogen) atoms. The first-order valence-electron chi connectivity index (χ1n) is 5.01. The molecule has 0 unspecified atom stereocenters. The van der Waals surface area contributed by atoms with Gasteiger partial charge in [0.1, 0.15) is 5.82 Å². The monoisotopic (exact) mass is 193 g/mol. The molecule has 0 bridgehead atoms. The van der Waals surface area contributed by atoms with Crippen molar-refractivity contribution < 1.29 is 9.50 Å². The molecule has 0 amide bonds. The molecule has 0 aromatic heterocycles. The highest BCUT2D eigenvalue weighted by molar-refractivity contribution is 5.24. The smallest absolute Gasteiger partial charge is 0.123 e. The third-order valence-corrected chi connectivity index (χ3v) is 2.89. The third kappa shape index (κ3) is 1.80. The van der Waals surface area contributed by atoms with E-state index in [1.807, 2.05) is 0 Å². The molecule has 1 fully saturated rings. The Morgan fingerprint density at radius 1 is 1.21 bits per heavy atom. The van der Waals surface area contributed by atoms with E-state index in [0.29, 0.717) is 18.4 Å². The first-order chi connectivity index (χ1) is 6.71. The highest BCUT2D eigenvalue weighted by Crippen LogP contribution is 2.36. The number of aliphatic hydroxyl groups is 1. The van der Waals surface area contributed by atoms with Crippen molar-refractivity contribution in [2.24, 2.45) is 0 Å². The standard InChI is InChI=1S/C12H14FO/c13-11-6-4-5-10(9-11)12(14)7-2-1-3-8-12/h1,4-6,9,14H,2-3,7-8H2. The molecule has 0 atom stereocenters. The fourth-order valence-electron chi connectivity index (χ4n) is 2.02. The van der Waals surface area contributed by atoms with Crippen molar-refractivity contribution in [3.05, 3.63) is 42.1 Å². The molecular weight excluding hydrogens is 179 g/mol. The highest BCUT2D eigenvalue weighted by Gasteiger charge is 2.31. The predicted molar refractivity (Wildman–Crippen MR) is 53.1 cm³/mol. The fourth-order valence-corrected chi connectivity index (χ4v) is 2.02. The van der Waals surface area contributed by atoms with Crippen molar-refractivity contribution in [2.75, 3.05) is 0 Å². The van der Waals surface area contributed by atoms with Crippen molar-refractivity contribution in [3.8, 4) is 0 Å². The molecule has 0 saturated heterocycles. The zero-order valence-corrected chi connectivity index (χ0v) is 8.04. The van der Waals surface area contributed by atoms with Crippen molar-refractivity contribution >= 4 is 0 Å². The van der Waals surface area contributed by atoms with Gasteiger partial charge in [0.2, 0.25) is 0 Å². The number of hydrogen-bond donors (Lipinski definition) is 1. The second-order valence-corrected chi connectivity index (χ2v) is 3.91. The van der Waals surface area contributed by atoms with E-state index in [4.69, 9.17) is 0 Å². The van der Waals surface area contributed by atoms with Crippen LogP contribution in [0.1, 0.15) is 31.2 Å². The molecule has 1 radical (unpaired) electrons. The Morgan fingerprint density at radius 2 is 1.93 bits per heavy atom. The van der Waals surface area contributed by atoms with Crippen LogP contribution in [0.3, 0.4) is 0 Å². The molecule has 1 N–H and O–H groups in total. The van der Waals surface area contributed by atoms with Gasteiger partial charge in [0.15, 0.2) is 0 Å². The summed E-state index contributed by atoms with van der Waals surface area (Å²) >= 11 is 0. The largest absolute Gasteiger partial charge is 0.385 e. The molecule has 1 saturated carbocycles. The van der Waals surface area contributed by atoms with E-state index in [1.165, 1.54) is 12.1 Å². The van der Waals surface area contributed by atoms with Gasteiger partial charge in [-0.2, -0.15) is 0 Å². The Labute approximate surface area is 83.6 Å². The lowest BCUT2D eigenvalue weighted by Gasteiger charge is -2.32. The zero-order valence-electron chi connectivity index (χ0n) is 8.04. The maximum atomic E-state index is 13.0. The molecular formula is C12H14FO. The topological polar surface area (TPSA) is 20.2 Å². The Kier molecular flexibility index (Phi) is 2.55. The van der Waals surface area contributed by atoms with Crippen LogP contribution >= 0.6 is 0 Å². The van der Waals surface area contributed by atoms with E-state index in [9.17, 15) is 9.50 Å². The van der Waals surface area contributed by atoms with Gasteiger partial charge in [-0.1, -0.05) is 12.1 Å². The van der Waals surface area contributed by atoms with Crippen LogP contribution in [-0.4, -0.2) is 5.11 Å². The Balaban J connectivity index is 2.28. The number of hydrogen-bond acceptors (Lipinski definition) is 1. The normalized spacial score (nSPS) is 20.7. The van der Waals surface area contributed by atoms with Crippen LogP contribution in [-0.2, 0) is 5.60 Å². The number of benzene rings is 1. The van der Waals surface area contributed by atoms with E-state index in [2.05, 4.69) is 6.42 Å². The van der Waals surface area contributed by atoms with Gasteiger partial charge in [-0.25, -0.2) is 4.39 Å². The van der Waals surface area contributed by atoms with Gasteiger partial charge >= 0.3 is 0 Å². The minimum absolute atomic E-state index is 0.273. The number of rotatable bonds is 1. The fraction of sp³-hybridized carbons (Fsp3) is 0.417. The molecule has 1 aromatic rings. The first kappa shape index (κ1) is 9.66. The van der Waals surface area contributed by atoms with E-state index in [-0.39, 0.29) is 5.82 Å². The molecule has 2 rings (SSSR count). The van der Waals surface area contributed by atoms with Crippen LogP contribution < -0.4 is 0 Å². The van der Waals surface area contributed by atoms with Crippen LogP contribution in [0.2, 0.25) is 0 Å².